The molecular weight excluding hydrogens is 229 g/mol. The van der Waals surface area contributed by atoms with Crippen LogP contribution in [0.25, 0.3) is 11.3 Å². The maximum absolute atomic E-state index is 12.8. The third-order valence-corrected chi connectivity index (χ3v) is 2.61. The molecule has 2 rings (SSSR count). The highest BCUT2D eigenvalue weighted by atomic mass is 19.1. The van der Waals surface area contributed by atoms with E-state index in [1.54, 1.807) is 12.1 Å². The lowest BCUT2D eigenvalue weighted by Gasteiger charge is -2.00. The molecule has 2 aromatic rings. The van der Waals surface area contributed by atoms with Crippen LogP contribution in [-0.4, -0.2) is 6.54 Å². The second-order valence-electron chi connectivity index (χ2n) is 4.03. The van der Waals surface area contributed by atoms with Gasteiger partial charge in [0.2, 0.25) is 0 Å². The monoisotopic (exact) mass is 245 g/mol. The maximum Gasteiger partial charge on any atom is 0.134 e. The molecule has 0 amide bonds. The zero-order valence-electron chi connectivity index (χ0n) is 10.2. The van der Waals surface area contributed by atoms with Gasteiger partial charge in [0.25, 0.3) is 0 Å². The molecule has 0 saturated carbocycles. The zero-order chi connectivity index (χ0) is 12.8. The number of nitrogens with one attached hydrogen (secondary N) is 1. The molecule has 0 spiro atoms. The molecule has 0 aliphatic rings. The summed E-state index contributed by atoms with van der Waals surface area (Å²) in [5.74, 6) is 1.39. The normalized spacial score (nSPS) is 10.5. The lowest BCUT2D eigenvalue weighted by molar-refractivity contribution is 0.495. The Balaban J connectivity index is 1.97. The highest BCUT2D eigenvalue weighted by Gasteiger charge is 2.04. The van der Waals surface area contributed by atoms with Crippen LogP contribution >= 0.6 is 0 Å². The van der Waals surface area contributed by atoms with Crippen LogP contribution in [0, 0.1) is 5.82 Å². The molecule has 0 saturated heterocycles. The standard InChI is InChI=1S/C15H16FNO/c1-2-3-10-17-11-14-8-9-15(18-14)12-4-6-13(16)7-5-12/h2,4-9,17H,1,3,10-11H2. The van der Waals surface area contributed by atoms with Gasteiger partial charge in [-0.15, -0.1) is 6.58 Å². The van der Waals surface area contributed by atoms with Gasteiger partial charge in [-0.1, -0.05) is 6.08 Å². The predicted octanol–water partition coefficient (Wildman–Crippen LogP) is 3.75. The Labute approximate surface area is 106 Å². The summed E-state index contributed by atoms with van der Waals surface area (Å²) in [5, 5.41) is 3.25. The molecule has 1 aromatic carbocycles. The third kappa shape index (κ3) is 3.31. The zero-order valence-corrected chi connectivity index (χ0v) is 10.2. The summed E-state index contributed by atoms with van der Waals surface area (Å²) in [6.45, 7) is 5.24. The summed E-state index contributed by atoms with van der Waals surface area (Å²) in [4.78, 5) is 0. The highest BCUT2D eigenvalue weighted by molar-refractivity contribution is 5.57. The van der Waals surface area contributed by atoms with Crippen molar-refractivity contribution in [3.8, 4) is 11.3 Å². The fraction of sp³-hybridized carbons (Fsp3) is 0.200. The molecule has 0 fully saturated rings. The Morgan fingerprint density at radius 1 is 1.17 bits per heavy atom. The van der Waals surface area contributed by atoms with E-state index in [-0.39, 0.29) is 5.82 Å². The molecule has 0 radical (unpaired) electrons. The largest absolute Gasteiger partial charge is 0.460 e. The Morgan fingerprint density at radius 2 is 1.94 bits per heavy atom. The van der Waals surface area contributed by atoms with Crippen molar-refractivity contribution in [2.75, 3.05) is 6.54 Å². The van der Waals surface area contributed by atoms with E-state index in [9.17, 15) is 4.39 Å². The van der Waals surface area contributed by atoms with Gasteiger partial charge >= 0.3 is 0 Å². The number of benzene rings is 1. The summed E-state index contributed by atoms with van der Waals surface area (Å²) in [6, 6.07) is 10.1. The molecule has 0 unspecified atom stereocenters. The summed E-state index contributed by atoms with van der Waals surface area (Å²) in [7, 11) is 0. The van der Waals surface area contributed by atoms with E-state index in [0.29, 0.717) is 6.54 Å². The van der Waals surface area contributed by atoms with Gasteiger partial charge in [-0.3, -0.25) is 0 Å². The number of furan rings is 1. The summed E-state index contributed by atoms with van der Waals surface area (Å²) in [6.07, 6.45) is 2.81. The van der Waals surface area contributed by atoms with Crippen molar-refractivity contribution in [2.45, 2.75) is 13.0 Å². The SMILES string of the molecule is C=CCCNCc1ccc(-c2ccc(F)cc2)o1. The van der Waals surface area contributed by atoms with Gasteiger partial charge in [0, 0.05) is 5.56 Å². The minimum atomic E-state index is -0.239. The third-order valence-electron chi connectivity index (χ3n) is 2.61. The van der Waals surface area contributed by atoms with Crippen LogP contribution in [0.15, 0.2) is 53.5 Å². The molecular formula is C15H16FNO. The summed E-state index contributed by atoms with van der Waals surface area (Å²) < 4.78 is 18.5. The molecule has 3 heteroatoms. The van der Waals surface area contributed by atoms with Crippen molar-refractivity contribution < 1.29 is 8.81 Å². The van der Waals surface area contributed by atoms with E-state index in [2.05, 4.69) is 11.9 Å². The van der Waals surface area contributed by atoms with E-state index >= 15 is 0 Å². The van der Waals surface area contributed by atoms with Crippen LogP contribution in [0.2, 0.25) is 0 Å². The molecule has 0 aliphatic heterocycles. The average molecular weight is 245 g/mol. The quantitative estimate of drug-likeness (QED) is 0.619. The van der Waals surface area contributed by atoms with Crippen LogP contribution in [0.5, 0.6) is 0 Å². The van der Waals surface area contributed by atoms with Gasteiger partial charge in [0.05, 0.1) is 6.54 Å². The van der Waals surface area contributed by atoms with E-state index in [1.807, 2.05) is 18.2 Å². The molecule has 0 atom stereocenters. The second kappa shape index (κ2) is 6.17. The van der Waals surface area contributed by atoms with E-state index < -0.39 is 0 Å². The van der Waals surface area contributed by atoms with Crippen LogP contribution < -0.4 is 5.32 Å². The maximum atomic E-state index is 12.8. The molecule has 2 nitrogen and oxygen atoms in total. The van der Waals surface area contributed by atoms with Crippen molar-refractivity contribution in [3.63, 3.8) is 0 Å². The van der Waals surface area contributed by atoms with E-state index in [0.717, 1.165) is 30.0 Å². The van der Waals surface area contributed by atoms with Gasteiger partial charge in [0.1, 0.15) is 17.3 Å². The van der Waals surface area contributed by atoms with Gasteiger partial charge in [-0.25, -0.2) is 4.39 Å². The lowest BCUT2D eigenvalue weighted by atomic mass is 10.2. The first kappa shape index (κ1) is 12.6. The van der Waals surface area contributed by atoms with Crippen molar-refractivity contribution >= 4 is 0 Å². The topological polar surface area (TPSA) is 25.2 Å². The van der Waals surface area contributed by atoms with Crippen LogP contribution in [0.4, 0.5) is 4.39 Å². The number of hydrogen-bond donors (Lipinski definition) is 1. The fourth-order valence-electron chi connectivity index (χ4n) is 1.66. The first-order valence-corrected chi connectivity index (χ1v) is 5.96. The Morgan fingerprint density at radius 3 is 2.67 bits per heavy atom. The van der Waals surface area contributed by atoms with Gasteiger partial charge < -0.3 is 9.73 Å². The lowest BCUT2D eigenvalue weighted by Crippen LogP contribution is -2.13. The Kier molecular flexibility index (Phi) is 4.31. The van der Waals surface area contributed by atoms with Gasteiger partial charge in [-0.2, -0.15) is 0 Å². The minimum Gasteiger partial charge on any atom is -0.460 e. The molecule has 1 aromatic heterocycles. The first-order valence-electron chi connectivity index (χ1n) is 5.96. The number of halogens is 1. The molecule has 1 heterocycles. The van der Waals surface area contributed by atoms with E-state index in [4.69, 9.17) is 4.42 Å². The van der Waals surface area contributed by atoms with Crippen molar-refractivity contribution in [1.82, 2.24) is 5.32 Å². The van der Waals surface area contributed by atoms with Crippen LogP contribution in [0.3, 0.4) is 0 Å². The Hall–Kier alpha value is -1.87. The van der Waals surface area contributed by atoms with Crippen LogP contribution in [-0.2, 0) is 6.54 Å². The fourth-order valence-corrected chi connectivity index (χ4v) is 1.66. The molecule has 18 heavy (non-hydrogen) atoms. The van der Waals surface area contributed by atoms with Gasteiger partial charge in [-0.05, 0) is 49.4 Å². The van der Waals surface area contributed by atoms with Crippen molar-refractivity contribution in [2.24, 2.45) is 0 Å². The minimum absolute atomic E-state index is 0.239. The summed E-state index contributed by atoms with van der Waals surface area (Å²) in [5.41, 5.74) is 0.883. The Bertz CT molecular complexity index is 501. The van der Waals surface area contributed by atoms with Gasteiger partial charge in [0.15, 0.2) is 0 Å². The number of hydrogen-bond acceptors (Lipinski definition) is 2. The average Bonchev–Trinajstić information content (AvgIpc) is 2.84. The number of rotatable bonds is 6. The first-order chi connectivity index (χ1) is 8.79. The molecule has 94 valence electrons. The molecule has 0 bridgehead atoms. The molecule has 0 aliphatic carbocycles. The summed E-state index contributed by atoms with van der Waals surface area (Å²) >= 11 is 0. The smallest absolute Gasteiger partial charge is 0.134 e. The highest BCUT2D eigenvalue weighted by Crippen LogP contribution is 2.22. The van der Waals surface area contributed by atoms with Crippen LogP contribution in [0.1, 0.15) is 12.2 Å². The van der Waals surface area contributed by atoms with Crippen molar-refractivity contribution in [1.29, 1.82) is 0 Å². The van der Waals surface area contributed by atoms with Crippen molar-refractivity contribution in [3.05, 3.63) is 60.6 Å². The van der Waals surface area contributed by atoms with E-state index in [1.165, 1.54) is 12.1 Å². The molecule has 1 N–H and O–H groups in total. The second-order valence-corrected chi connectivity index (χ2v) is 4.03. The predicted molar refractivity (Wildman–Crippen MR) is 70.6 cm³/mol.